The van der Waals surface area contributed by atoms with E-state index < -0.39 is 0 Å². The predicted molar refractivity (Wildman–Crippen MR) is 95.6 cm³/mol. The molecule has 26 heavy (non-hydrogen) atoms. The van der Waals surface area contributed by atoms with E-state index in [1.54, 1.807) is 35.4 Å². The zero-order valence-corrected chi connectivity index (χ0v) is 14.2. The van der Waals surface area contributed by atoms with Crippen LogP contribution in [0, 0.1) is 0 Å². The van der Waals surface area contributed by atoms with Gasteiger partial charge in [0.2, 0.25) is 5.91 Å². The molecular weight excluding hydrogens is 330 g/mol. The van der Waals surface area contributed by atoms with Gasteiger partial charge in [-0.3, -0.25) is 14.6 Å². The Hall–Kier alpha value is -3.35. The number of rotatable bonds is 8. The summed E-state index contributed by atoms with van der Waals surface area (Å²) in [6.07, 6.45) is 6.28. The average Bonchev–Trinajstić information content (AvgIpc) is 3.17. The highest BCUT2D eigenvalue weighted by atomic mass is 16.1. The van der Waals surface area contributed by atoms with Gasteiger partial charge >= 0.3 is 0 Å². The van der Waals surface area contributed by atoms with E-state index in [1.807, 2.05) is 30.3 Å². The van der Waals surface area contributed by atoms with Crippen LogP contribution >= 0.6 is 0 Å². The van der Waals surface area contributed by atoms with Crippen LogP contribution in [0.3, 0.4) is 0 Å². The van der Waals surface area contributed by atoms with E-state index in [-0.39, 0.29) is 11.7 Å². The molecule has 2 aromatic heterocycles. The third kappa shape index (κ3) is 4.83. The van der Waals surface area contributed by atoms with Crippen LogP contribution in [0.4, 0.5) is 0 Å². The van der Waals surface area contributed by atoms with Gasteiger partial charge in [-0.25, -0.2) is 4.68 Å². The molecule has 132 valence electrons. The number of aromatic nitrogens is 4. The summed E-state index contributed by atoms with van der Waals surface area (Å²) < 4.78 is 1.60. The fourth-order valence-corrected chi connectivity index (χ4v) is 2.45. The third-order valence-electron chi connectivity index (χ3n) is 3.82. The Labute approximate surface area is 151 Å². The Morgan fingerprint density at radius 3 is 2.65 bits per heavy atom. The van der Waals surface area contributed by atoms with E-state index in [1.165, 1.54) is 0 Å². The molecule has 0 spiro atoms. The van der Waals surface area contributed by atoms with Crippen molar-refractivity contribution in [1.29, 1.82) is 0 Å². The van der Waals surface area contributed by atoms with Crippen LogP contribution < -0.4 is 5.32 Å². The van der Waals surface area contributed by atoms with Gasteiger partial charge in [0.25, 0.3) is 0 Å². The highest BCUT2D eigenvalue weighted by Crippen LogP contribution is 2.07. The van der Waals surface area contributed by atoms with E-state index in [2.05, 4.69) is 20.6 Å². The highest BCUT2D eigenvalue weighted by molar-refractivity contribution is 5.96. The van der Waals surface area contributed by atoms with Crippen molar-refractivity contribution in [3.63, 3.8) is 0 Å². The van der Waals surface area contributed by atoms with Gasteiger partial charge in [-0.2, -0.15) is 0 Å². The molecule has 0 atom stereocenters. The normalized spacial score (nSPS) is 10.5. The fourth-order valence-electron chi connectivity index (χ4n) is 2.45. The molecule has 7 nitrogen and oxygen atoms in total. The van der Waals surface area contributed by atoms with E-state index in [9.17, 15) is 9.59 Å². The fraction of sp³-hybridized carbons (Fsp3) is 0.211. The lowest BCUT2D eigenvalue weighted by atomic mass is 10.1. The number of hydrogen-bond acceptors (Lipinski definition) is 5. The Morgan fingerprint density at radius 1 is 1.04 bits per heavy atom. The summed E-state index contributed by atoms with van der Waals surface area (Å²) in [5, 5.41) is 10.8. The lowest BCUT2D eigenvalue weighted by Gasteiger charge is -2.03. The van der Waals surface area contributed by atoms with Crippen molar-refractivity contribution in [3.05, 3.63) is 72.3 Å². The van der Waals surface area contributed by atoms with Crippen LogP contribution in [0.15, 0.2) is 61.1 Å². The highest BCUT2D eigenvalue weighted by Gasteiger charge is 2.08. The number of ketones is 1. The second kappa shape index (κ2) is 8.66. The monoisotopic (exact) mass is 349 g/mol. The molecule has 3 aromatic rings. The molecule has 0 radical (unpaired) electrons. The number of nitrogens with one attached hydrogen (secondary N) is 1. The quantitative estimate of drug-likeness (QED) is 0.631. The summed E-state index contributed by atoms with van der Waals surface area (Å²) in [6, 6.07) is 12.8. The van der Waals surface area contributed by atoms with Crippen LogP contribution in [0.1, 0.15) is 35.3 Å². The van der Waals surface area contributed by atoms with Crippen molar-refractivity contribution < 1.29 is 9.59 Å². The third-order valence-corrected chi connectivity index (χ3v) is 3.82. The summed E-state index contributed by atoms with van der Waals surface area (Å²) >= 11 is 0. The maximum atomic E-state index is 12.0. The van der Waals surface area contributed by atoms with Crippen molar-refractivity contribution in [3.8, 4) is 5.69 Å². The number of benzene rings is 1. The Kier molecular flexibility index (Phi) is 5.82. The Bertz CT molecular complexity index is 862. The topological polar surface area (TPSA) is 89.8 Å². The number of amides is 1. The Balaban J connectivity index is 1.41. The molecule has 0 aliphatic heterocycles. The number of nitrogens with zero attached hydrogens (tertiary/aromatic N) is 4. The van der Waals surface area contributed by atoms with Gasteiger partial charge in [0.15, 0.2) is 5.78 Å². The second-order valence-corrected chi connectivity index (χ2v) is 5.79. The SMILES string of the molecule is O=C(CCCC(=O)c1ccccc1)NCc1cn(-c2cccnc2)nn1. The van der Waals surface area contributed by atoms with Crippen molar-refractivity contribution in [2.45, 2.75) is 25.8 Å². The van der Waals surface area contributed by atoms with Crippen molar-refractivity contribution in [1.82, 2.24) is 25.3 Å². The maximum absolute atomic E-state index is 12.0. The van der Waals surface area contributed by atoms with Crippen molar-refractivity contribution in [2.24, 2.45) is 0 Å². The first-order valence-electron chi connectivity index (χ1n) is 8.39. The van der Waals surface area contributed by atoms with E-state index >= 15 is 0 Å². The van der Waals surface area contributed by atoms with Gasteiger partial charge in [-0.15, -0.1) is 5.10 Å². The van der Waals surface area contributed by atoms with Crippen molar-refractivity contribution in [2.75, 3.05) is 0 Å². The summed E-state index contributed by atoms with van der Waals surface area (Å²) in [5.41, 5.74) is 2.14. The Morgan fingerprint density at radius 2 is 1.88 bits per heavy atom. The van der Waals surface area contributed by atoms with Gasteiger partial charge in [-0.05, 0) is 18.6 Å². The van der Waals surface area contributed by atoms with Gasteiger partial charge in [0.05, 0.1) is 24.6 Å². The number of Topliss-reactive ketones (excluding diaryl/α,β-unsaturated/α-hetero) is 1. The number of carbonyl (C=O) groups is 2. The first-order valence-corrected chi connectivity index (χ1v) is 8.39. The molecule has 1 N–H and O–H groups in total. The minimum Gasteiger partial charge on any atom is -0.350 e. The predicted octanol–water partition coefficient (Wildman–Crippen LogP) is 2.33. The molecule has 1 aromatic carbocycles. The molecule has 2 heterocycles. The molecule has 0 unspecified atom stereocenters. The molecular formula is C19H19N5O2. The summed E-state index contributed by atoms with van der Waals surface area (Å²) in [7, 11) is 0. The van der Waals surface area contributed by atoms with Crippen LogP contribution in [0.5, 0.6) is 0 Å². The van der Waals surface area contributed by atoms with E-state index in [0.717, 1.165) is 5.69 Å². The van der Waals surface area contributed by atoms with Crippen molar-refractivity contribution >= 4 is 11.7 Å². The van der Waals surface area contributed by atoms with Crippen LogP contribution in [-0.4, -0.2) is 31.7 Å². The lowest BCUT2D eigenvalue weighted by Crippen LogP contribution is -2.22. The van der Waals surface area contributed by atoms with E-state index in [4.69, 9.17) is 0 Å². The van der Waals surface area contributed by atoms with Gasteiger partial charge < -0.3 is 5.32 Å². The minimum atomic E-state index is -0.109. The maximum Gasteiger partial charge on any atom is 0.220 e. The lowest BCUT2D eigenvalue weighted by molar-refractivity contribution is -0.121. The number of hydrogen-bond donors (Lipinski definition) is 1. The van der Waals surface area contributed by atoms with Gasteiger partial charge in [0.1, 0.15) is 5.69 Å². The second-order valence-electron chi connectivity index (χ2n) is 5.79. The van der Waals surface area contributed by atoms with E-state index in [0.29, 0.717) is 37.1 Å². The standard InChI is InChI=1S/C19H19N5O2/c25-18(15-6-2-1-3-7-15)9-4-10-19(26)21-12-16-14-24(23-22-16)17-8-5-11-20-13-17/h1-3,5-8,11,13-14H,4,9-10,12H2,(H,21,26). The first-order chi connectivity index (χ1) is 12.7. The minimum absolute atomic E-state index is 0.0535. The van der Waals surface area contributed by atoms with Crippen LogP contribution in [0.2, 0.25) is 0 Å². The molecule has 0 aliphatic rings. The summed E-state index contributed by atoms with van der Waals surface area (Å²) in [5.74, 6) is -0.0559. The number of carbonyl (C=O) groups excluding carboxylic acids is 2. The largest absolute Gasteiger partial charge is 0.350 e. The van der Waals surface area contributed by atoms with Crippen LogP contribution in [-0.2, 0) is 11.3 Å². The summed E-state index contributed by atoms with van der Waals surface area (Å²) in [6.45, 7) is 0.297. The smallest absolute Gasteiger partial charge is 0.220 e. The molecule has 3 rings (SSSR count). The van der Waals surface area contributed by atoms with Gasteiger partial charge in [-0.1, -0.05) is 35.5 Å². The molecule has 7 heteroatoms. The first kappa shape index (κ1) is 17.5. The molecule has 0 aliphatic carbocycles. The zero-order chi connectivity index (χ0) is 18.2. The molecule has 0 fully saturated rings. The van der Waals surface area contributed by atoms with Crippen LogP contribution in [0.25, 0.3) is 5.69 Å². The molecule has 0 bridgehead atoms. The molecule has 1 amide bonds. The molecule has 0 saturated carbocycles. The number of pyridine rings is 1. The average molecular weight is 349 g/mol. The molecule has 0 saturated heterocycles. The van der Waals surface area contributed by atoms with Gasteiger partial charge in [0, 0.05) is 24.6 Å². The summed E-state index contributed by atoms with van der Waals surface area (Å²) in [4.78, 5) is 27.9. The zero-order valence-electron chi connectivity index (χ0n) is 14.2.